The molecule has 1 saturated heterocycles. The van der Waals surface area contributed by atoms with Gasteiger partial charge in [-0.3, -0.25) is 4.79 Å². The number of allylic oxidation sites excluding steroid dienone is 1. The van der Waals surface area contributed by atoms with Gasteiger partial charge in [-0.15, -0.1) is 0 Å². The molecule has 2 rings (SSSR count). The summed E-state index contributed by atoms with van der Waals surface area (Å²) in [6.45, 7) is 6.96. The lowest BCUT2D eigenvalue weighted by molar-refractivity contribution is -0.123. The van der Waals surface area contributed by atoms with Crippen LogP contribution in [0.15, 0.2) is 11.6 Å². The van der Waals surface area contributed by atoms with Crippen molar-refractivity contribution in [3.8, 4) is 0 Å². The molecule has 3 nitrogen and oxygen atoms in total. The van der Waals surface area contributed by atoms with E-state index in [4.69, 9.17) is 0 Å². The third-order valence-corrected chi connectivity index (χ3v) is 3.89. The first-order valence-corrected chi connectivity index (χ1v) is 6.26. The van der Waals surface area contributed by atoms with Crippen molar-refractivity contribution in [3.05, 3.63) is 11.6 Å². The summed E-state index contributed by atoms with van der Waals surface area (Å²) in [4.78, 5) is 11.9. The van der Waals surface area contributed by atoms with E-state index in [1.165, 1.54) is 18.4 Å². The van der Waals surface area contributed by atoms with Crippen LogP contribution < -0.4 is 10.6 Å². The van der Waals surface area contributed by atoms with E-state index in [9.17, 15) is 4.79 Å². The average molecular weight is 222 g/mol. The van der Waals surface area contributed by atoms with Crippen molar-refractivity contribution in [1.29, 1.82) is 0 Å². The maximum absolute atomic E-state index is 11.9. The smallest absolute Gasteiger partial charge is 0.223 e. The second kappa shape index (κ2) is 4.58. The Balaban J connectivity index is 1.77. The Hall–Kier alpha value is -0.830. The van der Waals surface area contributed by atoms with Crippen LogP contribution >= 0.6 is 0 Å². The van der Waals surface area contributed by atoms with Gasteiger partial charge < -0.3 is 10.6 Å². The third kappa shape index (κ3) is 2.46. The zero-order chi connectivity index (χ0) is 11.6. The van der Waals surface area contributed by atoms with Gasteiger partial charge in [-0.05, 0) is 51.6 Å². The molecular weight excluding hydrogens is 200 g/mol. The molecule has 1 atom stereocenters. The van der Waals surface area contributed by atoms with E-state index in [0.29, 0.717) is 17.9 Å². The molecule has 2 N–H and O–H groups in total. The van der Waals surface area contributed by atoms with Gasteiger partial charge in [0.2, 0.25) is 5.91 Å². The van der Waals surface area contributed by atoms with E-state index in [1.54, 1.807) is 0 Å². The molecular formula is C13H22N2O. The van der Waals surface area contributed by atoms with Crippen molar-refractivity contribution in [3.63, 3.8) is 0 Å². The van der Waals surface area contributed by atoms with Gasteiger partial charge in [0.05, 0.1) is 0 Å². The Morgan fingerprint density at radius 2 is 2.12 bits per heavy atom. The Morgan fingerprint density at radius 1 is 1.44 bits per heavy atom. The zero-order valence-corrected chi connectivity index (χ0v) is 10.3. The number of hydrogen-bond acceptors (Lipinski definition) is 2. The summed E-state index contributed by atoms with van der Waals surface area (Å²) in [5, 5.41) is 6.37. The van der Waals surface area contributed by atoms with Crippen molar-refractivity contribution >= 4 is 5.91 Å². The van der Waals surface area contributed by atoms with Gasteiger partial charge in [-0.2, -0.15) is 0 Å². The van der Waals surface area contributed by atoms with E-state index in [-0.39, 0.29) is 5.91 Å². The first kappa shape index (κ1) is 11.6. The Bertz CT molecular complexity index is 299. The van der Waals surface area contributed by atoms with Gasteiger partial charge in [0.15, 0.2) is 0 Å². The average Bonchev–Trinajstić information content (AvgIpc) is 2.92. The minimum absolute atomic E-state index is 0.263. The van der Waals surface area contributed by atoms with Gasteiger partial charge in [-0.25, -0.2) is 0 Å². The molecule has 1 amide bonds. The molecule has 1 spiro atoms. The highest BCUT2D eigenvalue weighted by atomic mass is 16.2. The molecule has 1 heterocycles. The summed E-state index contributed by atoms with van der Waals surface area (Å²) in [6.07, 6.45) is 5.52. The molecule has 2 fully saturated rings. The number of nitrogens with one attached hydrogen (secondary N) is 2. The lowest BCUT2D eigenvalue weighted by atomic mass is 9.92. The minimum atomic E-state index is 0.263. The molecule has 90 valence electrons. The van der Waals surface area contributed by atoms with Crippen molar-refractivity contribution < 1.29 is 4.79 Å². The van der Waals surface area contributed by atoms with Gasteiger partial charge in [0.25, 0.3) is 0 Å². The second-order valence-electron chi connectivity index (χ2n) is 5.40. The summed E-state index contributed by atoms with van der Waals surface area (Å²) >= 11 is 0. The maximum atomic E-state index is 11.9. The van der Waals surface area contributed by atoms with Crippen LogP contribution in [0, 0.1) is 11.3 Å². The van der Waals surface area contributed by atoms with Gasteiger partial charge in [-0.1, -0.05) is 11.6 Å². The Labute approximate surface area is 97.7 Å². The molecule has 0 aromatic carbocycles. The summed E-state index contributed by atoms with van der Waals surface area (Å²) in [5.74, 6) is 0.555. The van der Waals surface area contributed by atoms with Gasteiger partial charge in [0, 0.05) is 12.5 Å². The highest BCUT2D eigenvalue weighted by Crippen LogP contribution is 2.58. The topological polar surface area (TPSA) is 41.1 Å². The van der Waals surface area contributed by atoms with E-state index in [2.05, 4.69) is 30.6 Å². The summed E-state index contributed by atoms with van der Waals surface area (Å²) in [7, 11) is 0. The number of carbonyl (C=O) groups is 1. The summed E-state index contributed by atoms with van der Waals surface area (Å²) in [5.41, 5.74) is 1.62. The van der Waals surface area contributed by atoms with Crippen LogP contribution in [0.2, 0.25) is 0 Å². The molecule has 1 saturated carbocycles. The lowest BCUT2D eigenvalue weighted by Crippen LogP contribution is -2.33. The fourth-order valence-electron chi connectivity index (χ4n) is 2.67. The predicted octanol–water partition coefficient (Wildman–Crippen LogP) is 1.46. The molecule has 2 aliphatic rings. The molecule has 16 heavy (non-hydrogen) atoms. The summed E-state index contributed by atoms with van der Waals surface area (Å²) in [6, 6.07) is 0. The molecule has 0 aromatic heterocycles. The number of piperidine rings is 1. The van der Waals surface area contributed by atoms with Crippen molar-refractivity contribution in [2.24, 2.45) is 11.3 Å². The Morgan fingerprint density at radius 3 is 2.75 bits per heavy atom. The molecule has 0 bridgehead atoms. The fraction of sp³-hybridized carbons (Fsp3) is 0.769. The number of hydrogen-bond donors (Lipinski definition) is 2. The molecule has 1 aliphatic carbocycles. The van der Waals surface area contributed by atoms with Crippen LogP contribution in [0.5, 0.6) is 0 Å². The standard InChI is InChI=1S/C13H22N2O/c1-10(2)3-6-15-12(16)11-9-13(11)4-7-14-8-5-13/h3,11,14H,4-9H2,1-2H3,(H,15,16). The van der Waals surface area contributed by atoms with Crippen molar-refractivity contribution in [1.82, 2.24) is 10.6 Å². The number of carbonyl (C=O) groups excluding carboxylic acids is 1. The lowest BCUT2D eigenvalue weighted by Gasteiger charge is -2.23. The van der Waals surface area contributed by atoms with Crippen LogP contribution in [0.1, 0.15) is 33.1 Å². The molecule has 0 aromatic rings. The number of rotatable bonds is 3. The largest absolute Gasteiger partial charge is 0.352 e. The molecule has 1 aliphatic heterocycles. The second-order valence-corrected chi connectivity index (χ2v) is 5.40. The van der Waals surface area contributed by atoms with E-state index in [1.807, 2.05) is 0 Å². The fourth-order valence-corrected chi connectivity index (χ4v) is 2.67. The van der Waals surface area contributed by atoms with Crippen LogP contribution in [0.3, 0.4) is 0 Å². The van der Waals surface area contributed by atoms with Crippen LogP contribution in [0.4, 0.5) is 0 Å². The minimum Gasteiger partial charge on any atom is -0.352 e. The third-order valence-electron chi connectivity index (χ3n) is 3.89. The van der Waals surface area contributed by atoms with Gasteiger partial charge in [0.1, 0.15) is 0 Å². The number of amides is 1. The van der Waals surface area contributed by atoms with Crippen molar-refractivity contribution in [2.75, 3.05) is 19.6 Å². The summed E-state index contributed by atoms with van der Waals surface area (Å²) < 4.78 is 0. The van der Waals surface area contributed by atoms with Crippen LogP contribution in [-0.4, -0.2) is 25.5 Å². The van der Waals surface area contributed by atoms with Gasteiger partial charge >= 0.3 is 0 Å². The zero-order valence-electron chi connectivity index (χ0n) is 10.3. The SMILES string of the molecule is CC(C)=CCNC(=O)C1CC12CCNCC2. The highest BCUT2D eigenvalue weighted by Gasteiger charge is 2.57. The van der Waals surface area contributed by atoms with E-state index >= 15 is 0 Å². The highest BCUT2D eigenvalue weighted by molar-refractivity contribution is 5.82. The quantitative estimate of drug-likeness (QED) is 0.710. The van der Waals surface area contributed by atoms with Crippen molar-refractivity contribution in [2.45, 2.75) is 33.1 Å². The first-order valence-electron chi connectivity index (χ1n) is 6.26. The molecule has 0 radical (unpaired) electrons. The van der Waals surface area contributed by atoms with Crippen LogP contribution in [-0.2, 0) is 4.79 Å². The molecule has 1 unspecified atom stereocenters. The monoisotopic (exact) mass is 222 g/mol. The maximum Gasteiger partial charge on any atom is 0.223 e. The normalized spacial score (nSPS) is 26.2. The molecule has 3 heteroatoms. The first-order chi connectivity index (χ1) is 7.64. The predicted molar refractivity (Wildman–Crippen MR) is 65.1 cm³/mol. The van der Waals surface area contributed by atoms with E-state index < -0.39 is 0 Å². The Kier molecular flexibility index (Phi) is 3.33. The van der Waals surface area contributed by atoms with E-state index in [0.717, 1.165) is 19.5 Å². The van der Waals surface area contributed by atoms with Crippen LogP contribution in [0.25, 0.3) is 0 Å².